The first-order valence-electron chi connectivity index (χ1n) is 5.60. The van der Waals surface area contributed by atoms with Gasteiger partial charge in [-0.15, -0.1) is 11.3 Å². The Kier molecular flexibility index (Phi) is 3.44. The average Bonchev–Trinajstić information content (AvgIpc) is 3.02. The Bertz CT molecular complexity index is 780. The van der Waals surface area contributed by atoms with E-state index in [1.165, 1.54) is 23.7 Å². The van der Waals surface area contributed by atoms with Crippen LogP contribution < -0.4 is 5.43 Å². The second kappa shape index (κ2) is 5.40. The maximum Gasteiger partial charge on any atom is 0.272 e. The topological polar surface area (TPSA) is 71.7 Å². The number of aromatic nitrogens is 3. The molecule has 0 unspecified atom stereocenters. The Labute approximate surface area is 122 Å². The lowest BCUT2D eigenvalue weighted by molar-refractivity contribution is 0.0955. The van der Waals surface area contributed by atoms with Crippen molar-refractivity contribution in [1.82, 2.24) is 19.8 Å². The molecule has 0 aliphatic carbocycles. The van der Waals surface area contributed by atoms with Crippen LogP contribution in [0.5, 0.6) is 0 Å². The number of amides is 1. The van der Waals surface area contributed by atoms with Crippen LogP contribution in [-0.2, 0) is 0 Å². The molecule has 1 N–H and O–H groups in total. The number of nitrogens with one attached hydrogen (secondary N) is 1. The van der Waals surface area contributed by atoms with E-state index in [1.54, 1.807) is 22.7 Å². The minimum atomic E-state index is -0.337. The summed E-state index contributed by atoms with van der Waals surface area (Å²) >= 11 is 7.47. The van der Waals surface area contributed by atoms with E-state index in [1.807, 2.05) is 11.6 Å². The summed E-state index contributed by atoms with van der Waals surface area (Å²) in [6.07, 6.45) is 6.36. The van der Waals surface area contributed by atoms with Crippen LogP contribution in [0.25, 0.3) is 4.96 Å². The number of hydrazone groups is 1. The van der Waals surface area contributed by atoms with Gasteiger partial charge in [-0.1, -0.05) is 11.6 Å². The predicted molar refractivity (Wildman–Crippen MR) is 77.4 cm³/mol. The SMILES string of the molecule is O=C(NN=Cc1c(Cl)nc2sccn12)c1cccnc1. The summed E-state index contributed by atoms with van der Waals surface area (Å²) in [5.41, 5.74) is 3.47. The average molecular weight is 306 g/mol. The summed E-state index contributed by atoms with van der Waals surface area (Å²) < 4.78 is 1.80. The Morgan fingerprint density at radius 1 is 1.55 bits per heavy atom. The molecule has 20 heavy (non-hydrogen) atoms. The first kappa shape index (κ1) is 12.8. The molecule has 3 aromatic heterocycles. The largest absolute Gasteiger partial charge is 0.288 e. The number of halogens is 1. The Balaban J connectivity index is 1.76. The number of imidazole rings is 1. The van der Waals surface area contributed by atoms with E-state index in [2.05, 4.69) is 20.5 Å². The van der Waals surface area contributed by atoms with Crippen LogP contribution in [0.2, 0.25) is 5.15 Å². The van der Waals surface area contributed by atoms with Crippen LogP contribution >= 0.6 is 22.9 Å². The molecule has 3 rings (SSSR count). The smallest absolute Gasteiger partial charge is 0.272 e. The number of nitrogens with zero attached hydrogens (tertiary/aromatic N) is 4. The highest BCUT2D eigenvalue weighted by Crippen LogP contribution is 2.19. The fourth-order valence-corrected chi connectivity index (χ4v) is 2.60. The fraction of sp³-hybridized carbons (Fsp3) is 0. The first-order valence-corrected chi connectivity index (χ1v) is 6.86. The number of thiazole rings is 1. The molecule has 0 fully saturated rings. The van der Waals surface area contributed by atoms with Crippen LogP contribution in [0.1, 0.15) is 16.1 Å². The molecule has 0 saturated carbocycles. The van der Waals surface area contributed by atoms with E-state index in [0.717, 1.165) is 4.96 Å². The fourth-order valence-electron chi connectivity index (χ4n) is 1.61. The van der Waals surface area contributed by atoms with Gasteiger partial charge in [-0.2, -0.15) is 5.10 Å². The predicted octanol–water partition coefficient (Wildman–Crippen LogP) is 2.21. The number of carbonyl (C=O) groups is 1. The van der Waals surface area contributed by atoms with Crippen molar-refractivity contribution in [3.05, 3.63) is 52.5 Å². The van der Waals surface area contributed by atoms with Crippen LogP contribution in [0.4, 0.5) is 0 Å². The third-order valence-corrected chi connectivity index (χ3v) is 3.57. The van der Waals surface area contributed by atoms with Gasteiger partial charge >= 0.3 is 0 Å². The molecule has 6 nitrogen and oxygen atoms in total. The minimum absolute atomic E-state index is 0.337. The monoisotopic (exact) mass is 305 g/mol. The molecule has 1 amide bonds. The highest BCUT2D eigenvalue weighted by molar-refractivity contribution is 7.15. The van der Waals surface area contributed by atoms with Crippen molar-refractivity contribution < 1.29 is 4.79 Å². The van der Waals surface area contributed by atoms with E-state index in [0.29, 0.717) is 16.4 Å². The summed E-state index contributed by atoms with van der Waals surface area (Å²) in [4.78, 5) is 20.6. The number of rotatable bonds is 3. The van der Waals surface area contributed by atoms with E-state index in [9.17, 15) is 4.79 Å². The molecular weight excluding hydrogens is 298 g/mol. The molecule has 8 heteroatoms. The maximum atomic E-state index is 11.8. The third kappa shape index (κ3) is 2.40. The molecule has 3 heterocycles. The van der Waals surface area contributed by atoms with Gasteiger partial charge in [0.25, 0.3) is 5.91 Å². The van der Waals surface area contributed by atoms with E-state index in [4.69, 9.17) is 11.6 Å². The summed E-state index contributed by atoms with van der Waals surface area (Å²) in [5, 5.41) is 6.12. The first-order chi connectivity index (χ1) is 9.75. The van der Waals surface area contributed by atoms with Crippen LogP contribution in [-0.4, -0.2) is 26.5 Å². The zero-order chi connectivity index (χ0) is 13.9. The van der Waals surface area contributed by atoms with E-state index < -0.39 is 0 Å². The number of pyridine rings is 1. The molecule has 0 aliphatic heterocycles. The molecule has 100 valence electrons. The molecule has 3 aromatic rings. The molecule has 0 atom stereocenters. The lowest BCUT2D eigenvalue weighted by Crippen LogP contribution is -2.17. The van der Waals surface area contributed by atoms with E-state index >= 15 is 0 Å². The molecule has 0 aliphatic rings. The number of fused-ring (bicyclic) bond motifs is 1. The normalized spacial score (nSPS) is 11.2. The maximum absolute atomic E-state index is 11.8. The summed E-state index contributed by atoms with van der Waals surface area (Å²) in [5.74, 6) is -0.337. The molecule has 0 bridgehead atoms. The summed E-state index contributed by atoms with van der Waals surface area (Å²) in [7, 11) is 0. The Morgan fingerprint density at radius 2 is 2.45 bits per heavy atom. The summed E-state index contributed by atoms with van der Waals surface area (Å²) in [6, 6.07) is 3.34. The van der Waals surface area contributed by atoms with Gasteiger partial charge in [0.1, 0.15) is 5.69 Å². The summed E-state index contributed by atoms with van der Waals surface area (Å²) in [6.45, 7) is 0. The van der Waals surface area contributed by atoms with Crippen molar-refractivity contribution in [2.45, 2.75) is 0 Å². The van der Waals surface area contributed by atoms with Crippen molar-refractivity contribution in [3.8, 4) is 0 Å². The highest BCUT2D eigenvalue weighted by Gasteiger charge is 2.09. The van der Waals surface area contributed by atoms with Gasteiger partial charge in [0.15, 0.2) is 10.1 Å². The van der Waals surface area contributed by atoms with Crippen molar-refractivity contribution in [2.24, 2.45) is 5.10 Å². The van der Waals surface area contributed by atoms with Gasteiger partial charge in [0, 0.05) is 24.0 Å². The Morgan fingerprint density at radius 3 is 3.25 bits per heavy atom. The van der Waals surface area contributed by atoms with Crippen LogP contribution in [0, 0.1) is 0 Å². The zero-order valence-electron chi connectivity index (χ0n) is 10.0. The van der Waals surface area contributed by atoms with Gasteiger partial charge in [0.05, 0.1) is 11.8 Å². The third-order valence-electron chi connectivity index (χ3n) is 2.53. The van der Waals surface area contributed by atoms with Gasteiger partial charge in [-0.05, 0) is 12.1 Å². The molecule has 0 saturated heterocycles. The number of carbonyl (C=O) groups excluding carboxylic acids is 1. The Hall–Kier alpha value is -2.25. The molecule has 0 radical (unpaired) electrons. The molecule has 0 spiro atoms. The highest BCUT2D eigenvalue weighted by atomic mass is 35.5. The quantitative estimate of drug-likeness (QED) is 0.595. The lowest BCUT2D eigenvalue weighted by atomic mass is 10.3. The lowest BCUT2D eigenvalue weighted by Gasteiger charge is -1.98. The van der Waals surface area contributed by atoms with Crippen molar-refractivity contribution in [3.63, 3.8) is 0 Å². The standard InChI is InChI=1S/C12H8ClN5OS/c13-10-9(18-4-5-20-12(18)16-10)7-15-17-11(19)8-2-1-3-14-6-8/h1-7H,(H,17,19). The van der Waals surface area contributed by atoms with Crippen molar-refractivity contribution >= 4 is 40.0 Å². The second-order valence-electron chi connectivity index (χ2n) is 3.78. The molecule has 0 aromatic carbocycles. The zero-order valence-corrected chi connectivity index (χ0v) is 11.6. The van der Waals surface area contributed by atoms with Crippen LogP contribution in [0.3, 0.4) is 0 Å². The van der Waals surface area contributed by atoms with Crippen molar-refractivity contribution in [2.75, 3.05) is 0 Å². The minimum Gasteiger partial charge on any atom is -0.288 e. The number of hydrogen-bond acceptors (Lipinski definition) is 5. The van der Waals surface area contributed by atoms with Gasteiger partial charge in [0.2, 0.25) is 0 Å². The van der Waals surface area contributed by atoms with Crippen LogP contribution in [0.15, 0.2) is 41.2 Å². The number of hydrogen-bond donors (Lipinski definition) is 1. The van der Waals surface area contributed by atoms with Gasteiger partial charge < -0.3 is 0 Å². The van der Waals surface area contributed by atoms with Gasteiger partial charge in [-0.25, -0.2) is 10.4 Å². The van der Waals surface area contributed by atoms with E-state index in [-0.39, 0.29) is 5.91 Å². The molecular formula is C12H8ClN5OS. The van der Waals surface area contributed by atoms with Crippen molar-refractivity contribution in [1.29, 1.82) is 0 Å². The second-order valence-corrected chi connectivity index (χ2v) is 5.02. The van der Waals surface area contributed by atoms with Gasteiger partial charge in [-0.3, -0.25) is 14.2 Å².